The predicted octanol–water partition coefficient (Wildman–Crippen LogP) is 2.63. The van der Waals surface area contributed by atoms with E-state index in [0.29, 0.717) is 11.4 Å². The lowest BCUT2D eigenvalue weighted by Crippen LogP contribution is -2.25. The highest BCUT2D eigenvalue weighted by Crippen LogP contribution is 2.40. The molecule has 0 amide bonds. The van der Waals surface area contributed by atoms with Gasteiger partial charge in [0.2, 0.25) is 0 Å². The molecule has 0 spiro atoms. The van der Waals surface area contributed by atoms with Crippen molar-refractivity contribution in [3.05, 3.63) is 54.3 Å². The zero-order valence-corrected chi connectivity index (χ0v) is 9.99. The highest BCUT2D eigenvalue weighted by Gasteiger charge is 2.33. The van der Waals surface area contributed by atoms with Crippen molar-refractivity contribution in [1.82, 2.24) is 0 Å². The first-order valence-electron chi connectivity index (χ1n) is 5.25. The third-order valence-electron chi connectivity index (χ3n) is 2.65. The van der Waals surface area contributed by atoms with Gasteiger partial charge in [-0.05, 0) is 24.3 Å². The van der Waals surface area contributed by atoms with Crippen LogP contribution in [0.25, 0.3) is 0 Å². The van der Waals surface area contributed by atoms with E-state index in [-0.39, 0.29) is 5.69 Å². The summed E-state index contributed by atoms with van der Waals surface area (Å²) < 4.78 is 40.6. The summed E-state index contributed by atoms with van der Waals surface area (Å²) in [5, 5.41) is 0. The molecule has 18 heavy (non-hydrogen) atoms. The summed E-state index contributed by atoms with van der Waals surface area (Å²) in [7, 11) is -3.70. The molecule has 1 aliphatic rings. The normalized spacial score (nSPS) is 16.2. The molecule has 2 aromatic rings. The Morgan fingerprint density at radius 1 is 1.06 bits per heavy atom. The predicted molar refractivity (Wildman–Crippen MR) is 67.5 cm³/mol. The summed E-state index contributed by atoms with van der Waals surface area (Å²) in [6.45, 7) is 0. The van der Waals surface area contributed by atoms with Crippen molar-refractivity contribution < 1.29 is 12.8 Å². The maximum Gasteiger partial charge on any atom is 0.328 e. The number of halogens is 1. The van der Waals surface area contributed by atoms with Crippen LogP contribution in [-0.2, 0) is 10.2 Å². The van der Waals surface area contributed by atoms with Crippen molar-refractivity contribution in [1.29, 1.82) is 0 Å². The highest BCUT2D eigenvalue weighted by atomic mass is 32.2. The van der Waals surface area contributed by atoms with Crippen molar-refractivity contribution in [2.45, 2.75) is 0 Å². The van der Waals surface area contributed by atoms with Crippen LogP contribution < -0.4 is 9.03 Å². The molecule has 0 bridgehead atoms. The van der Waals surface area contributed by atoms with E-state index in [1.54, 1.807) is 30.3 Å². The Hall–Kier alpha value is -2.08. The molecule has 0 saturated carbocycles. The average molecular weight is 264 g/mol. The summed E-state index contributed by atoms with van der Waals surface area (Å²) >= 11 is 0. The Morgan fingerprint density at radius 3 is 2.50 bits per heavy atom. The van der Waals surface area contributed by atoms with Crippen LogP contribution in [0, 0.1) is 5.82 Å². The first-order valence-corrected chi connectivity index (χ1v) is 6.70. The molecule has 0 saturated heterocycles. The Bertz CT molecular complexity index is 701. The molecular formula is C12H9FN2O2S. The van der Waals surface area contributed by atoms with Crippen LogP contribution in [0.15, 0.2) is 48.5 Å². The summed E-state index contributed by atoms with van der Waals surface area (Å²) in [6.07, 6.45) is 0. The quantitative estimate of drug-likeness (QED) is 0.860. The molecule has 0 aromatic heterocycles. The lowest BCUT2D eigenvalue weighted by molar-refractivity contribution is 0.603. The first-order chi connectivity index (χ1) is 8.58. The topological polar surface area (TPSA) is 49.4 Å². The monoisotopic (exact) mass is 264 g/mol. The fourth-order valence-corrected chi connectivity index (χ4v) is 3.27. The highest BCUT2D eigenvalue weighted by molar-refractivity contribution is 7.95. The number of nitrogens with one attached hydrogen (secondary N) is 1. The maximum atomic E-state index is 13.1. The lowest BCUT2D eigenvalue weighted by atomic mass is 10.2. The molecule has 0 unspecified atom stereocenters. The third kappa shape index (κ3) is 1.62. The summed E-state index contributed by atoms with van der Waals surface area (Å²) in [4.78, 5) is 0. The lowest BCUT2D eigenvalue weighted by Gasteiger charge is -2.16. The number of anilines is 3. The zero-order valence-electron chi connectivity index (χ0n) is 9.17. The van der Waals surface area contributed by atoms with Gasteiger partial charge in [0.25, 0.3) is 0 Å². The molecule has 0 atom stereocenters. The van der Waals surface area contributed by atoms with E-state index in [1.165, 1.54) is 12.1 Å². The van der Waals surface area contributed by atoms with Crippen molar-refractivity contribution in [3.63, 3.8) is 0 Å². The zero-order chi connectivity index (χ0) is 12.8. The number of nitrogens with zero attached hydrogens (tertiary/aromatic N) is 1. The van der Waals surface area contributed by atoms with E-state index in [2.05, 4.69) is 4.72 Å². The van der Waals surface area contributed by atoms with Gasteiger partial charge in [-0.3, -0.25) is 4.72 Å². The SMILES string of the molecule is O=S1(=O)Nc2cc(F)ccc2N1c1ccccc1. The fourth-order valence-electron chi connectivity index (χ4n) is 1.92. The second-order valence-electron chi connectivity index (χ2n) is 3.87. The minimum atomic E-state index is -3.70. The van der Waals surface area contributed by atoms with Crippen LogP contribution in [0.1, 0.15) is 0 Å². The van der Waals surface area contributed by atoms with Crippen LogP contribution >= 0.6 is 0 Å². The number of hydrogen-bond donors (Lipinski definition) is 1. The van der Waals surface area contributed by atoms with Crippen LogP contribution in [0.4, 0.5) is 21.5 Å². The number of para-hydroxylation sites is 1. The minimum absolute atomic E-state index is 0.249. The molecular weight excluding hydrogens is 255 g/mol. The Balaban J connectivity index is 2.21. The fraction of sp³-hybridized carbons (Fsp3) is 0. The Morgan fingerprint density at radius 2 is 1.78 bits per heavy atom. The second kappa shape index (κ2) is 3.71. The molecule has 3 rings (SSSR count). The van der Waals surface area contributed by atoms with E-state index in [9.17, 15) is 12.8 Å². The smallest absolute Gasteiger partial charge is 0.264 e. The summed E-state index contributed by atoms with van der Waals surface area (Å²) in [5.41, 5.74) is 1.18. The molecule has 1 heterocycles. The van der Waals surface area contributed by atoms with Crippen molar-refractivity contribution in [3.8, 4) is 0 Å². The van der Waals surface area contributed by atoms with Gasteiger partial charge in [-0.15, -0.1) is 0 Å². The summed E-state index contributed by atoms with van der Waals surface area (Å²) in [5.74, 6) is -0.480. The average Bonchev–Trinajstić information content (AvgIpc) is 2.59. The van der Waals surface area contributed by atoms with Crippen molar-refractivity contribution in [2.75, 3.05) is 9.03 Å². The van der Waals surface area contributed by atoms with E-state index in [0.717, 1.165) is 10.4 Å². The van der Waals surface area contributed by atoms with E-state index in [1.807, 2.05) is 0 Å². The van der Waals surface area contributed by atoms with Gasteiger partial charge in [0.1, 0.15) is 5.82 Å². The van der Waals surface area contributed by atoms with Crippen LogP contribution in [-0.4, -0.2) is 8.42 Å². The van der Waals surface area contributed by atoms with E-state index < -0.39 is 16.0 Å². The second-order valence-corrected chi connectivity index (χ2v) is 5.39. The molecule has 2 aromatic carbocycles. The van der Waals surface area contributed by atoms with Crippen LogP contribution in [0.3, 0.4) is 0 Å². The van der Waals surface area contributed by atoms with Crippen molar-refractivity contribution >= 4 is 27.3 Å². The number of hydrogen-bond acceptors (Lipinski definition) is 2. The summed E-state index contributed by atoms with van der Waals surface area (Å²) in [6, 6.07) is 12.5. The van der Waals surface area contributed by atoms with Gasteiger partial charge in [-0.1, -0.05) is 18.2 Å². The Labute approximate surface area is 104 Å². The van der Waals surface area contributed by atoms with Gasteiger partial charge in [0.15, 0.2) is 0 Å². The molecule has 0 aliphatic carbocycles. The third-order valence-corrected chi connectivity index (χ3v) is 4.01. The van der Waals surface area contributed by atoms with E-state index >= 15 is 0 Å². The maximum absolute atomic E-state index is 13.1. The van der Waals surface area contributed by atoms with Crippen molar-refractivity contribution in [2.24, 2.45) is 0 Å². The number of benzene rings is 2. The van der Waals surface area contributed by atoms with Crippen LogP contribution in [0.5, 0.6) is 0 Å². The standard InChI is InChI=1S/C12H9FN2O2S/c13-9-6-7-12-11(8-9)14-18(16,17)15(12)10-4-2-1-3-5-10/h1-8,14H. The number of fused-ring (bicyclic) bond motifs is 1. The minimum Gasteiger partial charge on any atom is -0.264 e. The molecule has 1 aliphatic heterocycles. The molecule has 6 heteroatoms. The first kappa shape index (κ1) is 11.0. The largest absolute Gasteiger partial charge is 0.328 e. The number of rotatable bonds is 1. The molecule has 92 valence electrons. The molecule has 0 radical (unpaired) electrons. The van der Waals surface area contributed by atoms with Gasteiger partial charge < -0.3 is 0 Å². The van der Waals surface area contributed by atoms with Gasteiger partial charge in [0.05, 0.1) is 17.1 Å². The van der Waals surface area contributed by atoms with Gasteiger partial charge in [0, 0.05) is 6.07 Å². The van der Waals surface area contributed by atoms with E-state index in [4.69, 9.17) is 0 Å². The molecule has 4 nitrogen and oxygen atoms in total. The van der Waals surface area contributed by atoms with Crippen LogP contribution in [0.2, 0.25) is 0 Å². The molecule has 0 fully saturated rings. The van der Waals surface area contributed by atoms with Gasteiger partial charge in [-0.25, -0.2) is 8.70 Å². The van der Waals surface area contributed by atoms with Gasteiger partial charge >= 0.3 is 10.2 Å². The van der Waals surface area contributed by atoms with Gasteiger partial charge in [-0.2, -0.15) is 8.42 Å². The molecule has 1 N–H and O–H groups in total. The Kier molecular flexibility index (Phi) is 2.27.